The van der Waals surface area contributed by atoms with Crippen molar-refractivity contribution in [2.24, 2.45) is 0 Å². The first-order valence-electron chi connectivity index (χ1n) is 6.35. The number of carbonyl (C=O) groups is 2. The van der Waals surface area contributed by atoms with Gasteiger partial charge in [-0.1, -0.05) is 30.3 Å². The minimum atomic E-state index is -1.20. The van der Waals surface area contributed by atoms with E-state index in [1.807, 2.05) is 30.3 Å². The standard InChI is InChI=1S/C14H18N2O4/c1-19-12(20-2)14(11(17)15-13(18)16-14)9-8-10-6-4-3-5-7-10/h3-7,12H,8-9H2,1-2H3,(H2,15,16,17,18)/t14-/m0/s1. The summed E-state index contributed by atoms with van der Waals surface area (Å²) < 4.78 is 10.4. The lowest BCUT2D eigenvalue weighted by atomic mass is 9.90. The van der Waals surface area contributed by atoms with Crippen LogP contribution < -0.4 is 10.6 Å². The van der Waals surface area contributed by atoms with Gasteiger partial charge in [0.2, 0.25) is 0 Å². The molecule has 1 fully saturated rings. The number of methoxy groups -OCH3 is 2. The molecule has 108 valence electrons. The molecule has 3 amide bonds. The molecule has 1 atom stereocenters. The molecule has 0 radical (unpaired) electrons. The van der Waals surface area contributed by atoms with E-state index in [9.17, 15) is 9.59 Å². The second kappa shape index (κ2) is 6.02. The van der Waals surface area contributed by atoms with E-state index in [1.165, 1.54) is 14.2 Å². The van der Waals surface area contributed by atoms with Crippen molar-refractivity contribution < 1.29 is 19.1 Å². The lowest BCUT2D eigenvalue weighted by Gasteiger charge is -2.32. The van der Waals surface area contributed by atoms with Crippen LogP contribution in [0.3, 0.4) is 0 Å². The predicted octanol–water partition coefficient (Wildman–Crippen LogP) is 0.816. The molecule has 1 aliphatic rings. The molecule has 20 heavy (non-hydrogen) atoms. The smallest absolute Gasteiger partial charge is 0.322 e. The number of nitrogens with one attached hydrogen (secondary N) is 2. The highest BCUT2D eigenvalue weighted by molar-refractivity contribution is 6.07. The van der Waals surface area contributed by atoms with Gasteiger partial charge in [0.05, 0.1) is 0 Å². The van der Waals surface area contributed by atoms with Crippen molar-refractivity contribution in [3.63, 3.8) is 0 Å². The zero-order chi connectivity index (χ0) is 14.6. The minimum Gasteiger partial charge on any atom is -0.353 e. The molecule has 1 aliphatic heterocycles. The molecule has 0 spiro atoms. The highest BCUT2D eigenvalue weighted by Crippen LogP contribution is 2.25. The number of hydrogen-bond donors (Lipinski definition) is 2. The number of aryl methyl sites for hydroxylation is 1. The minimum absolute atomic E-state index is 0.390. The molecule has 6 heteroatoms. The van der Waals surface area contributed by atoms with Crippen LogP contribution in [0.15, 0.2) is 30.3 Å². The summed E-state index contributed by atoms with van der Waals surface area (Å²) in [5.74, 6) is -0.424. The van der Waals surface area contributed by atoms with E-state index in [0.29, 0.717) is 12.8 Å². The molecule has 1 saturated heterocycles. The molecule has 0 aliphatic carbocycles. The SMILES string of the molecule is COC(OC)[C@@]1(CCc2ccccc2)NC(=O)NC1=O. The molecule has 0 saturated carbocycles. The number of imide groups is 1. The zero-order valence-corrected chi connectivity index (χ0v) is 11.5. The maximum Gasteiger partial charge on any atom is 0.322 e. The predicted molar refractivity (Wildman–Crippen MR) is 72.0 cm³/mol. The van der Waals surface area contributed by atoms with Crippen LogP contribution in [-0.2, 0) is 20.7 Å². The monoisotopic (exact) mass is 278 g/mol. The summed E-state index contributed by atoms with van der Waals surface area (Å²) in [6.07, 6.45) is 0.177. The Bertz CT molecular complexity index is 487. The summed E-state index contributed by atoms with van der Waals surface area (Å²) >= 11 is 0. The van der Waals surface area contributed by atoms with E-state index in [4.69, 9.17) is 9.47 Å². The molecule has 0 aromatic heterocycles. The average molecular weight is 278 g/mol. The van der Waals surface area contributed by atoms with Gasteiger partial charge >= 0.3 is 6.03 Å². The average Bonchev–Trinajstić information content (AvgIpc) is 2.74. The van der Waals surface area contributed by atoms with Gasteiger partial charge in [0.1, 0.15) is 0 Å². The van der Waals surface area contributed by atoms with Crippen molar-refractivity contribution in [2.45, 2.75) is 24.7 Å². The largest absolute Gasteiger partial charge is 0.353 e. The van der Waals surface area contributed by atoms with Gasteiger partial charge in [-0.15, -0.1) is 0 Å². The Labute approximate surface area is 117 Å². The summed E-state index contributed by atoms with van der Waals surface area (Å²) in [5.41, 5.74) is -0.122. The van der Waals surface area contributed by atoms with E-state index < -0.39 is 23.8 Å². The van der Waals surface area contributed by atoms with Crippen molar-refractivity contribution >= 4 is 11.9 Å². The summed E-state index contributed by atoms with van der Waals surface area (Å²) in [7, 11) is 2.88. The topological polar surface area (TPSA) is 76.7 Å². The molecule has 1 aromatic carbocycles. The first kappa shape index (κ1) is 14.5. The van der Waals surface area contributed by atoms with Crippen molar-refractivity contribution in [2.75, 3.05) is 14.2 Å². The van der Waals surface area contributed by atoms with Gasteiger partial charge in [-0.2, -0.15) is 0 Å². The first-order valence-corrected chi connectivity index (χ1v) is 6.35. The van der Waals surface area contributed by atoms with Crippen LogP contribution in [0.1, 0.15) is 12.0 Å². The van der Waals surface area contributed by atoms with E-state index in [0.717, 1.165) is 5.56 Å². The number of benzene rings is 1. The summed E-state index contributed by atoms with van der Waals surface area (Å²) in [6, 6.07) is 9.20. The molecule has 2 rings (SSSR count). The molecule has 2 N–H and O–H groups in total. The Morgan fingerprint density at radius 2 is 1.80 bits per heavy atom. The van der Waals surface area contributed by atoms with E-state index in [-0.39, 0.29) is 0 Å². The van der Waals surface area contributed by atoms with Crippen LogP contribution in [-0.4, -0.2) is 38.0 Å². The Balaban J connectivity index is 2.19. The Hall–Kier alpha value is -1.92. The fraction of sp³-hybridized carbons (Fsp3) is 0.429. The molecule has 1 aromatic rings. The number of urea groups is 1. The fourth-order valence-corrected chi connectivity index (χ4v) is 2.45. The number of amides is 3. The second-order valence-corrected chi connectivity index (χ2v) is 4.67. The summed E-state index contributed by atoms with van der Waals surface area (Å²) in [6.45, 7) is 0. The van der Waals surface area contributed by atoms with Crippen molar-refractivity contribution in [3.8, 4) is 0 Å². The van der Waals surface area contributed by atoms with Gasteiger partial charge < -0.3 is 14.8 Å². The Morgan fingerprint density at radius 3 is 2.30 bits per heavy atom. The fourth-order valence-electron chi connectivity index (χ4n) is 2.45. The maximum absolute atomic E-state index is 12.1. The van der Waals surface area contributed by atoms with Crippen LogP contribution in [0.4, 0.5) is 4.79 Å². The van der Waals surface area contributed by atoms with E-state index >= 15 is 0 Å². The lowest BCUT2D eigenvalue weighted by Crippen LogP contribution is -2.58. The molecule has 0 bridgehead atoms. The first-order chi connectivity index (χ1) is 9.62. The van der Waals surface area contributed by atoms with Crippen LogP contribution in [0, 0.1) is 0 Å². The van der Waals surface area contributed by atoms with Crippen LogP contribution in [0.5, 0.6) is 0 Å². The van der Waals surface area contributed by atoms with Gasteiger partial charge in [0.15, 0.2) is 11.8 Å². The quantitative estimate of drug-likeness (QED) is 0.596. The van der Waals surface area contributed by atoms with Crippen molar-refractivity contribution in [1.82, 2.24) is 10.6 Å². The molecule has 1 heterocycles. The normalized spacial score (nSPS) is 21.9. The highest BCUT2D eigenvalue weighted by Gasteiger charge is 2.52. The second-order valence-electron chi connectivity index (χ2n) is 4.67. The van der Waals surface area contributed by atoms with Gasteiger partial charge in [0.25, 0.3) is 5.91 Å². The van der Waals surface area contributed by atoms with E-state index in [2.05, 4.69) is 10.6 Å². The van der Waals surface area contributed by atoms with Gasteiger partial charge in [-0.25, -0.2) is 4.79 Å². The van der Waals surface area contributed by atoms with Gasteiger partial charge in [0, 0.05) is 14.2 Å². The summed E-state index contributed by atoms with van der Waals surface area (Å²) in [5, 5.41) is 4.88. The zero-order valence-electron chi connectivity index (χ0n) is 11.5. The lowest BCUT2D eigenvalue weighted by molar-refractivity contribution is -0.165. The van der Waals surface area contributed by atoms with Crippen LogP contribution in [0.2, 0.25) is 0 Å². The Morgan fingerprint density at radius 1 is 1.15 bits per heavy atom. The van der Waals surface area contributed by atoms with Crippen molar-refractivity contribution in [3.05, 3.63) is 35.9 Å². The maximum atomic E-state index is 12.1. The van der Waals surface area contributed by atoms with Crippen LogP contribution in [0.25, 0.3) is 0 Å². The van der Waals surface area contributed by atoms with Crippen molar-refractivity contribution in [1.29, 1.82) is 0 Å². The highest BCUT2D eigenvalue weighted by atomic mass is 16.7. The Kier molecular flexibility index (Phi) is 4.36. The molecule has 6 nitrogen and oxygen atoms in total. The molecular weight excluding hydrogens is 260 g/mol. The number of rotatable bonds is 6. The third-order valence-corrected chi connectivity index (χ3v) is 3.45. The number of carbonyl (C=O) groups excluding carboxylic acids is 2. The van der Waals surface area contributed by atoms with E-state index in [1.54, 1.807) is 0 Å². The third-order valence-electron chi connectivity index (χ3n) is 3.45. The third kappa shape index (κ3) is 2.66. The summed E-state index contributed by atoms with van der Waals surface area (Å²) in [4.78, 5) is 23.6. The number of hydrogen-bond acceptors (Lipinski definition) is 4. The van der Waals surface area contributed by atoms with Crippen LogP contribution >= 0.6 is 0 Å². The van der Waals surface area contributed by atoms with Gasteiger partial charge in [-0.05, 0) is 18.4 Å². The van der Waals surface area contributed by atoms with Gasteiger partial charge in [-0.3, -0.25) is 10.1 Å². The molecular formula is C14H18N2O4. The number of ether oxygens (including phenoxy) is 2. The molecule has 0 unspecified atom stereocenters.